The first kappa shape index (κ1) is 8.57. The molecule has 0 aromatic heterocycles. The van der Waals surface area contributed by atoms with Gasteiger partial charge in [-0.05, 0) is 24.3 Å². The third kappa shape index (κ3) is 5.44. The molecule has 0 aromatic rings. The van der Waals surface area contributed by atoms with E-state index in [4.69, 9.17) is 0 Å². The quantitative estimate of drug-likeness (QED) is 0.594. The molecule has 0 amide bonds. The zero-order valence-corrected chi connectivity index (χ0v) is 8.49. The summed E-state index contributed by atoms with van der Waals surface area (Å²) in [5.74, 6) is 2.83. The van der Waals surface area contributed by atoms with Gasteiger partial charge in [0.2, 0.25) is 0 Å². The van der Waals surface area contributed by atoms with Crippen molar-refractivity contribution in [3.63, 3.8) is 0 Å². The second-order valence-corrected chi connectivity index (χ2v) is 2.54. The molecule has 0 bridgehead atoms. The van der Waals surface area contributed by atoms with Crippen molar-refractivity contribution in [3.8, 4) is 0 Å². The van der Waals surface area contributed by atoms with Crippen LogP contribution >= 0.6 is 24.8 Å². The maximum atomic E-state index is 2.88. The molecule has 1 aliphatic rings. The molecule has 0 saturated carbocycles. The van der Waals surface area contributed by atoms with E-state index in [1.54, 1.807) is 0 Å². The molecule has 48 valence electrons. The summed E-state index contributed by atoms with van der Waals surface area (Å²) in [6.07, 6.45) is 2.93. The van der Waals surface area contributed by atoms with Crippen LogP contribution in [0.1, 0.15) is 12.8 Å². The van der Waals surface area contributed by atoms with Crippen LogP contribution in [0.3, 0.4) is 0 Å². The zero-order chi connectivity index (χ0) is 5.54. The molecule has 3 heteroatoms. The van der Waals surface area contributed by atoms with Crippen molar-refractivity contribution < 1.29 is 18.9 Å². The molecule has 0 radical (unpaired) electrons. The maximum absolute atomic E-state index is 2.88. The van der Waals surface area contributed by atoms with E-state index >= 15 is 0 Å². The van der Waals surface area contributed by atoms with Crippen molar-refractivity contribution in [2.24, 2.45) is 0 Å². The molecular formula is C4H8AuBrS. The van der Waals surface area contributed by atoms with Crippen LogP contribution in [0.25, 0.3) is 0 Å². The van der Waals surface area contributed by atoms with Crippen molar-refractivity contribution in [2.75, 3.05) is 11.5 Å². The normalized spacial score (nSPS) is 18.1. The average Bonchev–Trinajstić information content (AvgIpc) is 2.23. The van der Waals surface area contributed by atoms with E-state index in [1.165, 1.54) is 24.3 Å². The van der Waals surface area contributed by atoms with Gasteiger partial charge in [0.1, 0.15) is 0 Å². The van der Waals surface area contributed by atoms with Gasteiger partial charge in [0.25, 0.3) is 0 Å². The Bertz CT molecular complexity index is 23.3. The summed E-state index contributed by atoms with van der Waals surface area (Å²) in [6.45, 7) is 0. The Morgan fingerprint density at radius 3 is 1.71 bits per heavy atom. The van der Waals surface area contributed by atoms with Crippen molar-refractivity contribution >= 4 is 24.8 Å². The molecule has 0 nitrogen and oxygen atoms in total. The standard InChI is InChI=1S/C4H8S.Au.BrH/c1-2-4-5-3-1;;/h1-4H2;;1H/q;+1;/p-1. The first-order chi connectivity index (χ1) is 3.50. The van der Waals surface area contributed by atoms with Gasteiger partial charge in [-0.25, -0.2) is 0 Å². The molecule has 1 saturated heterocycles. The number of hydrogen-bond acceptors (Lipinski definition) is 1. The second kappa shape index (κ2) is 7.57. The molecule has 0 aromatic carbocycles. The van der Waals surface area contributed by atoms with Crippen LogP contribution in [-0.2, 0) is 18.9 Å². The minimum absolute atomic E-state index is 1.42. The van der Waals surface area contributed by atoms with E-state index in [0.29, 0.717) is 0 Å². The number of rotatable bonds is 0. The van der Waals surface area contributed by atoms with E-state index in [-0.39, 0.29) is 0 Å². The molecule has 0 atom stereocenters. The van der Waals surface area contributed by atoms with Crippen LogP contribution in [0.15, 0.2) is 0 Å². The van der Waals surface area contributed by atoms with Gasteiger partial charge in [0.15, 0.2) is 0 Å². The van der Waals surface area contributed by atoms with Crippen LogP contribution in [0, 0.1) is 0 Å². The first-order valence-electron chi connectivity index (χ1n) is 2.19. The minimum atomic E-state index is 1.42. The van der Waals surface area contributed by atoms with Gasteiger partial charge < -0.3 is 0 Å². The van der Waals surface area contributed by atoms with Gasteiger partial charge in [-0.1, -0.05) is 0 Å². The Morgan fingerprint density at radius 1 is 1.14 bits per heavy atom. The van der Waals surface area contributed by atoms with Crippen molar-refractivity contribution in [3.05, 3.63) is 0 Å². The van der Waals surface area contributed by atoms with Gasteiger partial charge in [-0.15, -0.1) is 0 Å². The topological polar surface area (TPSA) is 0 Å². The predicted molar refractivity (Wildman–Crippen MR) is 35.5 cm³/mol. The SMILES string of the molecule is C1CCSC1.[Br][Au]. The van der Waals surface area contributed by atoms with Crippen molar-refractivity contribution in [1.82, 2.24) is 0 Å². The number of hydrogen-bond donors (Lipinski definition) is 0. The fraction of sp³-hybridized carbons (Fsp3) is 1.00. The Kier molecular flexibility index (Phi) is 9.27. The molecule has 0 spiro atoms. The molecule has 7 heavy (non-hydrogen) atoms. The molecule has 1 fully saturated rings. The van der Waals surface area contributed by atoms with E-state index < -0.39 is 0 Å². The van der Waals surface area contributed by atoms with E-state index in [9.17, 15) is 0 Å². The summed E-state index contributed by atoms with van der Waals surface area (Å²) < 4.78 is 0. The summed E-state index contributed by atoms with van der Waals surface area (Å²) >= 11 is 7.05. The monoisotopic (exact) mass is 364 g/mol. The van der Waals surface area contributed by atoms with Crippen LogP contribution in [0.4, 0.5) is 0 Å². The Hall–Kier alpha value is 1.57. The van der Waals surface area contributed by atoms with Gasteiger partial charge >= 0.3 is 32.0 Å². The Labute approximate surface area is 67.7 Å². The summed E-state index contributed by atoms with van der Waals surface area (Å²) in [7, 11) is 0. The first-order valence-corrected chi connectivity index (χ1v) is 8.08. The average molecular weight is 365 g/mol. The van der Waals surface area contributed by atoms with Crippen molar-refractivity contribution in [1.29, 1.82) is 0 Å². The van der Waals surface area contributed by atoms with Gasteiger partial charge in [0, 0.05) is 0 Å². The summed E-state index contributed by atoms with van der Waals surface area (Å²) in [5, 5.41) is 0. The Balaban J connectivity index is 0.000000162. The molecular weight excluding hydrogens is 357 g/mol. The molecule has 0 N–H and O–H groups in total. The third-order valence-corrected chi connectivity index (χ3v) is 1.98. The van der Waals surface area contributed by atoms with Gasteiger partial charge in [0.05, 0.1) is 0 Å². The van der Waals surface area contributed by atoms with Crippen molar-refractivity contribution in [2.45, 2.75) is 12.8 Å². The van der Waals surface area contributed by atoms with Gasteiger partial charge in [-0.3, -0.25) is 0 Å². The van der Waals surface area contributed by atoms with Crippen LogP contribution < -0.4 is 0 Å². The van der Waals surface area contributed by atoms with E-state index in [2.05, 4.69) is 43.7 Å². The fourth-order valence-electron chi connectivity index (χ4n) is 0.510. The second-order valence-electron chi connectivity index (χ2n) is 1.32. The molecule has 1 rings (SSSR count). The summed E-state index contributed by atoms with van der Waals surface area (Å²) in [4.78, 5) is 0. The Morgan fingerprint density at radius 2 is 1.57 bits per heavy atom. The number of halogens is 1. The fourth-order valence-corrected chi connectivity index (χ4v) is 1.53. The molecule has 1 aliphatic heterocycles. The van der Waals surface area contributed by atoms with E-state index in [0.717, 1.165) is 0 Å². The van der Waals surface area contributed by atoms with E-state index in [1.807, 2.05) is 0 Å². The summed E-state index contributed by atoms with van der Waals surface area (Å²) in [6, 6.07) is 0. The third-order valence-electron chi connectivity index (χ3n) is 0.827. The summed E-state index contributed by atoms with van der Waals surface area (Å²) in [5.41, 5.74) is 0. The number of thioether (sulfide) groups is 1. The van der Waals surface area contributed by atoms with Crippen LogP contribution in [0.2, 0.25) is 0 Å². The molecule has 0 unspecified atom stereocenters. The molecule has 0 aliphatic carbocycles. The predicted octanol–water partition coefficient (Wildman–Crippen LogP) is 2.36. The van der Waals surface area contributed by atoms with Crippen LogP contribution in [0.5, 0.6) is 0 Å². The molecule has 1 heterocycles. The zero-order valence-electron chi connectivity index (χ0n) is 3.92. The van der Waals surface area contributed by atoms with Gasteiger partial charge in [-0.2, -0.15) is 11.8 Å². The van der Waals surface area contributed by atoms with Crippen LogP contribution in [-0.4, -0.2) is 11.5 Å².